The van der Waals surface area contributed by atoms with Crippen LogP contribution in [0.3, 0.4) is 0 Å². The van der Waals surface area contributed by atoms with E-state index in [0.29, 0.717) is 12.8 Å². The molecule has 34 heavy (non-hydrogen) atoms. The van der Waals surface area contributed by atoms with E-state index in [0.717, 1.165) is 77.0 Å². The van der Waals surface area contributed by atoms with Gasteiger partial charge in [0.1, 0.15) is 0 Å². The molecular formula is C26H46O6S2. The van der Waals surface area contributed by atoms with E-state index < -0.39 is 44.4 Å². The highest BCUT2D eigenvalue weighted by atomic mass is 32.2. The third-order valence-electron chi connectivity index (χ3n) is 8.04. The van der Waals surface area contributed by atoms with Gasteiger partial charge >= 0.3 is 11.9 Å². The molecule has 2 aliphatic heterocycles. The molecule has 198 valence electrons. The van der Waals surface area contributed by atoms with Crippen LogP contribution in [0.15, 0.2) is 0 Å². The van der Waals surface area contributed by atoms with E-state index in [-0.39, 0.29) is 21.0 Å². The Morgan fingerprint density at radius 2 is 0.941 bits per heavy atom. The fraction of sp³-hybridized carbons (Fsp3) is 0.923. The van der Waals surface area contributed by atoms with Gasteiger partial charge < -0.3 is 10.2 Å². The lowest BCUT2D eigenvalue weighted by Gasteiger charge is -2.32. The van der Waals surface area contributed by atoms with Gasteiger partial charge in [0.15, 0.2) is 0 Å². The van der Waals surface area contributed by atoms with Crippen molar-refractivity contribution in [2.24, 2.45) is 10.8 Å². The van der Waals surface area contributed by atoms with Gasteiger partial charge in [-0.3, -0.25) is 18.0 Å². The van der Waals surface area contributed by atoms with Crippen molar-refractivity contribution in [1.29, 1.82) is 0 Å². The van der Waals surface area contributed by atoms with Gasteiger partial charge in [-0.25, -0.2) is 0 Å². The van der Waals surface area contributed by atoms with Crippen molar-refractivity contribution in [1.82, 2.24) is 0 Å². The van der Waals surface area contributed by atoms with Crippen LogP contribution in [0.1, 0.15) is 118 Å². The Morgan fingerprint density at radius 3 is 1.24 bits per heavy atom. The Balaban J connectivity index is 1.79. The third-order valence-corrected chi connectivity index (χ3v) is 12.6. The molecule has 0 aromatic rings. The second-order valence-corrected chi connectivity index (χ2v) is 15.7. The van der Waals surface area contributed by atoms with Gasteiger partial charge in [-0.15, -0.1) is 0 Å². The number of hydrogen-bond donors (Lipinski definition) is 2. The minimum Gasteiger partial charge on any atom is -0.481 e. The molecule has 2 N–H and O–H groups in total. The normalized spacial score (nSPS) is 30.7. The van der Waals surface area contributed by atoms with E-state index >= 15 is 0 Å². The Bertz CT molecular complexity index is 686. The first kappa shape index (κ1) is 29.5. The number of aliphatic carboxylic acids is 2. The van der Waals surface area contributed by atoms with Gasteiger partial charge in [0.25, 0.3) is 0 Å². The Morgan fingerprint density at radius 1 is 0.647 bits per heavy atom. The SMILES string of the molecule is CC(C)(CCCC1CCCC(CCC2CCCC(CCCC(C)(C)C(=O)O)S2=O)S1=O)C(=O)O. The van der Waals surface area contributed by atoms with Crippen LogP contribution in [0.25, 0.3) is 0 Å². The maximum atomic E-state index is 13.2. The second kappa shape index (κ2) is 13.0. The van der Waals surface area contributed by atoms with Crippen LogP contribution in [0.5, 0.6) is 0 Å². The van der Waals surface area contributed by atoms with Gasteiger partial charge in [-0.2, -0.15) is 0 Å². The second-order valence-electron chi connectivity index (χ2n) is 11.7. The van der Waals surface area contributed by atoms with Crippen molar-refractivity contribution in [3.63, 3.8) is 0 Å². The minimum atomic E-state index is -0.900. The first-order valence-electron chi connectivity index (χ1n) is 13.1. The smallest absolute Gasteiger partial charge is 0.309 e. The van der Waals surface area contributed by atoms with Crippen LogP contribution >= 0.6 is 0 Å². The molecule has 0 spiro atoms. The van der Waals surface area contributed by atoms with Crippen LogP contribution in [0, 0.1) is 10.8 Å². The fourth-order valence-corrected chi connectivity index (χ4v) is 9.55. The van der Waals surface area contributed by atoms with E-state index in [2.05, 4.69) is 0 Å². The maximum absolute atomic E-state index is 13.2. The molecule has 0 aliphatic carbocycles. The zero-order valence-electron chi connectivity index (χ0n) is 21.6. The molecule has 2 fully saturated rings. The summed E-state index contributed by atoms with van der Waals surface area (Å²) in [6, 6.07) is 0. The molecule has 2 aliphatic rings. The zero-order chi connectivity index (χ0) is 25.5. The van der Waals surface area contributed by atoms with Crippen molar-refractivity contribution in [3.8, 4) is 0 Å². The Labute approximate surface area is 211 Å². The molecule has 0 radical (unpaired) electrons. The van der Waals surface area contributed by atoms with Crippen molar-refractivity contribution < 1.29 is 28.2 Å². The predicted molar refractivity (Wildman–Crippen MR) is 139 cm³/mol. The van der Waals surface area contributed by atoms with Crippen LogP contribution < -0.4 is 0 Å². The molecule has 0 aromatic carbocycles. The maximum Gasteiger partial charge on any atom is 0.309 e. The van der Waals surface area contributed by atoms with Crippen molar-refractivity contribution >= 4 is 33.5 Å². The molecule has 0 aromatic heterocycles. The van der Waals surface area contributed by atoms with E-state index in [9.17, 15) is 28.2 Å². The van der Waals surface area contributed by atoms with Gasteiger partial charge in [-0.1, -0.05) is 25.7 Å². The summed E-state index contributed by atoms with van der Waals surface area (Å²) < 4.78 is 26.4. The molecule has 6 atom stereocenters. The van der Waals surface area contributed by atoms with Gasteiger partial charge in [0, 0.05) is 42.6 Å². The molecular weight excluding hydrogens is 472 g/mol. The highest BCUT2D eigenvalue weighted by Gasteiger charge is 2.35. The lowest BCUT2D eigenvalue weighted by Crippen LogP contribution is -2.35. The number of carboxylic acid groups (broad SMARTS) is 2. The summed E-state index contributed by atoms with van der Waals surface area (Å²) in [5, 5.41) is 19.3. The standard InChI is InChI=1S/C26H46O6S2/c1-25(2,23(27)28)17-7-13-19-9-5-11-21(33(19)31)15-16-22-12-6-10-20(34(22)32)14-8-18-26(3,4)24(29)30/h19-22H,5-18H2,1-4H3,(H,27,28)(H,29,30). The third kappa shape index (κ3) is 8.42. The quantitative estimate of drug-likeness (QED) is 0.325. The lowest BCUT2D eigenvalue weighted by molar-refractivity contribution is -0.148. The van der Waals surface area contributed by atoms with Crippen LogP contribution in [0.2, 0.25) is 0 Å². The van der Waals surface area contributed by atoms with Crippen LogP contribution in [-0.2, 0) is 31.2 Å². The number of carboxylic acids is 2. The van der Waals surface area contributed by atoms with E-state index in [4.69, 9.17) is 0 Å². The van der Waals surface area contributed by atoms with E-state index in [1.807, 2.05) is 0 Å². The molecule has 6 nitrogen and oxygen atoms in total. The highest BCUT2D eigenvalue weighted by molar-refractivity contribution is 7.86. The molecule has 8 heteroatoms. The molecule has 0 saturated carbocycles. The zero-order valence-corrected chi connectivity index (χ0v) is 23.2. The van der Waals surface area contributed by atoms with Gasteiger partial charge in [0.2, 0.25) is 0 Å². The topological polar surface area (TPSA) is 109 Å². The minimum absolute atomic E-state index is 0.158. The Hall–Kier alpha value is -0.760. The van der Waals surface area contributed by atoms with Gasteiger partial charge in [0.05, 0.1) is 10.8 Å². The number of rotatable bonds is 13. The number of hydrogen-bond acceptors (Lipinski definition) is 4. The summed E-state index contributed by atoms with van der Waals surface area (Å²) in [7, 11) is -1.80. The number of carbonyl (C=O) groups is 2. The average molecular weight is 519 g/mol. The van der Waals surface area contributed by atoms with E-state index in [1.54, 1.807) is 27.7 Å². The summed E-state index contributed by atoms with van der Waals surface area (Å²) in [4.78, 5) is 22.7. The highest BCUT2D eigenvalue weighted by Crippen LogP contribution is 2.34. The first-order valence-corrected chi connectivity index (χ1v) is 15.7. The van der Waals surface area contributed by atoms with Crippen LogP contribution in [0.4, 0.5) is 0 Å². The monoisotopic (exact) mass is 518 g/mol. The average Bonchev–Trinajstić information content (AvgIpc) is 2.75. The molecule has 2 saturated heterocycles. The lowest BCUT2D eigenvalue weighted by atomic mass is 9.87. The molecule has 0 amide bonds. The summed E-state index contributed by atoms with van der Waals surface area (Å²) in [5.41, 5.74) is -1.47. The van der Waals surface area contributed by atoms with Gasteiger partial charge in [-0.05, 0) is 91.9 Å². The molecule has 2 heterocycles. The van der Waals surface area contributed by atoms with Crippen LogP contribution in [-0.4, -0.2) is 51.6 Å². The summed E-state index contributed by atoms with van der Waals surface area (Å²) in [6.07, 6.45) is 12.1. The first-order chi connectivity index (χ1) is 15.8. The molecule has 0 bridgehead atoms. The Kier molecular flexibility index (Phi) is 11.2. The van der Waals surface area contributed by atoms with Crippen molar-refractivity contribution in [3.05, 3.63) is 0 Å². The summed E-state index contributed by atoms with van der Waals surface area (Å²) >= 11 is 0. The largest absolute Gasteiger partial charge is 0.481 e. The molecule has 6 unspecified atom stereocenters. The summed E-state index contributed by atoms with van der Waals surface area (Å²) in [6.45, 7) is 7.00. The van der Waals surface area contributed by atoms with Crippen molar-refractivity contribution in [2.75, 3.05) is 0 Å². The van der Waals surface area contributed by atoms with E-state index in [1.165, 1.54) is 0 Å². The predicted octanol–water partition coefficient (Wildman–Crippen LogP) is 5.67. The summed E-state index contributed by atoms with van der Waals surface area (Å²) in [5.74, 6) is -1.56. The van der Waals surface area contributed by atoms with Crippen molar-refractivity contribution in [2.45, 2.75) is 139 Å². The molecule has 2 rings (SSSR count). The fourth-order valence-electron chi connectivity index (χ4n) is 5.33.